The molecule has 0 saturated heterocycles. The maximum absolute atomic E-state index is 12.4. The van der Waals surface area contributed by atoms with Crippen molar-refractivity contribution in [1.82, 2.24) is 25.3 Å². The number of hydrogen-bond acceptors (Lipinski definition) is 12. The van der Waals surface area contributed by atoms with E-state index in [1.807, 2.05) is 11.9 Å². The number of halogens is 6. The van der Waals surface area contributed by atoms with Crippen LogP contribution in [0.1, 0.15) is 28.9 Å². The second-order valence-corrected chi connectivity index (χ2v) is 8.80. The smallest absolute Gasteiger partial charge is 0.480 e. The van der Waals surface area contributed by atoms with Crippen LogP contribution >= 0.6 is 0 Å². The molecule has 16 nitrogen and oxygen atoms in total. The lowest BCUT2D eigenvalue weighted by Gasteiger charge is -2.19. The summed E-state index contributed by atoms with van der Waals surface area (Å²) in [5, 5.41) is 26.0. The van der Waals surface area contributed by atoms with Gasteiger partial charge in [-0.15, -0.1) is 0 Å². The fraction of sp³-hybridized carbons (Fsp3) is 0.333. The molecule has 2 aromatic heterocycles. The van der Waals surface area contributed by atoms with Crippen LogP contribution in [0.2, 0.25) is 0 Å². The van der Waals surface area contributed by atoms with E-state index >= 15 is 0 Å². The average molecular weight is 668 g/mol. The summed E-state index contributed by atoms with van der Waals surface area (Å²) >= 11 is 0. The van der Waals surface area contributed by atoms with Crippen molar-refractivity contribution in [2.45, 2.75) is 37.8 Å². The van der Waals surface area contributed by atoms with Crippen molar-refractivity contribution in [2.24, 2.45) is 5.73 Å². The van der Waals surface area contributed by atoms with E-state index in [1.165, 1.54) is 0 Å². The van der Waals surface area contributed by atoms with Crippen molar-refractivity contribution >= 4 is 52.4 Å². The molecule has 0 fully saturated rings. The highest BCUT2D eigenvalue weighted by molar-refractivity contribution is 5.96. The first kappa shape index (κ1) is 38.5. The van der Waals surface area contributed by atoms with Crippen LogP contribution in [0.15, 0.2) is 30.5 Å². The van der Waals surface area contributed by atoms with E-state index in [2.05, 4.69) is 25.3 Å². The number of carboxylic acid groups (broad SMARTS) is 3. The molecule has 0 bridgehead atoms. The molecule has 0 aliphatic carbocycles. The van der Waals surface area contributed by atoms with E-state index in [-0.39, 0.29) is 18.2 Å². The molecule has 1 unspecified atom stereocenters. The van der Waals surface area contributed by atoms with E-state index in [0.717, 1.165) is 5.69 Å². The minimum Gasteiger partial charge on any atom is -0.480 e. The fourth-order valence-electron chi connectivity index (χ4n) is 3.08. The summed E-state index contributed by atoms with van der Waals surface area (Å²) in [5.41, 5.74) is 19.4. The summed E-state index contributed by atoms with van der Waals surface area (Å²) in [6.45, 7) is 0.772. The van der Waals surface area contributed by atoms with Gasteiger partial charge >= 0.3 is 30.3 Å². The number of nitrogen functional groups attached to an aromatic ring is 2. The Labute approximate surface area is 254 Å². The zero-order valence-electron chi connectivity index (χ0n) is 23.5. The maximum atomic E-state index is 12.4. The number of carbonyl (C=O) groups excluding carboxylic acids is 1. The van der Waals surface area contributed by atoms with Crippen LogP contribution < -0.4 is 27.4 Å². The van der Waals surface area contributed by atoms with Crippen LogP contribution in [0.4, 0.5) is 43.8 Å². The summed E-state index contributed by atoms with van der Waals surface area (Å²) in [5.74, 6) is -6.87. The number of rotatable bonds is 9. The highest BCUT2D eigenvalue weighted by atomic mass is 19.4. The second kappa shape index (κ2) is 16.5. The quantitative estimate of drug-likeness (QED) is 0.159. The number of aromatic nitrogens is 4. The molecule has 0 saturated carbocycles. The van der Waals surface area contributed by atoms with Gasteiger partial charge in [0.2, 0.25) is 5.95 Å². The average Bonchev–Trinajstić information content (AvgIpc) is 2.95. The van der Waals surface area contributed by atoms with E-state index in [1.54, 1.807) is 30.5 Å². The number of carbonyl (C=O) groups is 4. The van der Waals surface area contributed by atoms with Gasteiger partial charge in [-0.3, -0.25) is 4.79 Å². The van der Waals surface area contributed by atoms with Crippen molar-refractivity contribution in [3.63, 3.8) is 0 Å². The summed E-state index contributed by atoms with van der Waals surface area (Å²) in [4.78, 5) is 60.0. The van der Waals surface area contributed by atoms with Gasteiger partial charge in [0.15, 0.2) is 17.0 Å². The molecular formula is C24H27F6N9O7. The van der Waals surface area contributed by atoms with Crippen LogP contribution in [0.3, 0.4) is 0 Å². The number of nitrogens with two attached hydrogens (primary N) is 3. The molecule has 0 aliphatic rings. The largest absolute Gasteiger partial charge is 0.490 e. The zero-order valence-corrected chi connectivity index (χ0v) is 23.5. The molecule has 0 aliphatic heterocycles. The Balaban J connectivity index is 0.000000629. The van der Waals surface area contributed by atoms with Crippen LogP contribution in [0.25, 0.3) is 11.2 Å². The Bertz CT molecular complexity index is 1500. The summed E-state index contributed by atoms with van der Waals surface area (Å²) in [6, 6.07) is 5.80. The maximum Gasteiger partial charge on any atom is 0.490 e. The van der Waals surface area contributed by atoms with Crippen LogP contribution in [-0.2, 0) is 20.9 Å². The Hall–Kier alpha value is -5.54. The van der Waals surface area contributed by atoms with Gasteiger partial charge in [0.1, 0.15) is 6.04 Å². The van der Waals surface area contributed by atoms with E-state index < -0.39 is 42.2 Å². The molecule has 252 valence electrons. The lowest BCUT2D eigenvalue weighted by Crippen LogP contribution is -2.41. The molecular weight excluding hydrogens is 640 g/mol. The topological polar surface area (TPSA) is 274 Å². The first-order valence-electron chi connectivity index (χ1n) is 12.4. The number of aliphatic carboxylic acids is 3. The number of anilines is 3. The van der Waals surface area contributed by atoms with Crippen LogP contribution in [0.5, 0.6) is 0 Å². The molecule has 10 N–H and O–H groups in total. The molecule has 46 heavy (non-hydrogen) atoms. The van der Waals surface area contributed by atoms with Gasteiger partial charge in [-0.25, -0.2) is 24.4 Å². The van der Waals surface area contributed by atoms with Gasteiger partial charge in [-0.05, 0) is 43.7 Å². The number of benzene rings is 1. The zero-order chi connectivity index (χ0) is 35.4. The molecule has 3 rings (SSSR count). The number of nitrogens with zero attached hydrogens (tertiary/aromatic N) is 5. The standard InChI is InChI=1S/C20H25N9O3.2C2HF3O2/c1-29(10-12-9-24-17-15(25-12)16(22)27-20(23)28-17)13-6-4-11(5-7-13)18(30)26-14(19(31)32)3-2-8-21;2*3-2(4,5)1(6)7/h4-7,9,14H,2-3,8,10,21H2,1H3,(H,26,30)(H,31,32)(H4,22,23,24,27,28);2*(H,6,7). The third kappa shape index (κ3) is 12.6. The summed E-state index contributed by atoms with van der Waals surface area (Å²) in [7, 11) is 1.86. The minimum absolute atomic E-state index is 0.0346. The van der Waals surface area contributed by atoms with Crippen molar-refractivity contribution in [3.05, 3.63) is 41.7 Å². The Morgan fingerprint density at radius 3 is 1.89 bits per heavy atom. The third-order valence-electron chi connectivity index (χ3n) is 5.26. The number of carboxylic acids is 3. The molecule has 3 aromatic rings. The lowest BCUT2D eigenvalue weighted by atomic mass is 10.1. The Kier molecular flexibility index (Phi) is 13.8. The third-order valence-corrected chi connectivity index (χ3v) is 5.26. The molecule has 1 amide bonds. The van der Waals surface area contributed by atoms with E-state index in [9.17, 15) is 41.0 Å². The number of nitrogens with one attached hydrogen (secondary N) is 1. The fourth-order valence-corrected chi connectivity index (χ4v) is 3.08. The Morgan fingerprint density at radius 1 is 0.913 bits per heavy atom. The van der Waals surface area contributed by atoms with Gasteiger partial charge in [0, 0.05) is 18.3 Å². The van der Waals surface area contributed by atoms with Crippen molar-refractivity contribution < 1.29 is 60.8 Å². The molecule has 2 heterocycles. The van der Waals surface area contributed by atoms with E-state index in [0.29, 0.717) is 41.9 Å². The van der Waals surface area contributed by atoms with Crippen LogP contribution in [-0.4, -0.2) is 91.1 Å². The number of amides is 1. The van der Waals surface area contributed by atoms with Crippen molar-refractivity contribution in [1.29, 1.82) is 0 Å². The first-order chi connectivity index (χ1) is 21.2. The van der Waals surface area contributed by atoms with Gasteiger partial charge in [-0.2, -0.15) is 36.3 Å². The number of hydrogen-bond donors (Lipinski definition) is 7. The normalized spacial score (nSPS) is 11.7. The number of alkyl halides is 6. The van der Waals surface area contributed by atoms with Gasteiger partial charge in [-0.1, -0.05) is 0 Å². The molecule has 22 heteroatoms. The first-order valence-corrected chi connectivity index (χ1v) is 12.4. The van der Waals surface area contributed by atoms with Crippen LogP contribution in [0, 0.1) is 0 Å². The second-order valence-electron chi connectivity index (χ2n) is 8.80. The summed E-state index contributed by atoms with van der Waals surface area (Å²) < 4.78 is 63.5. The molecule has 0 radical (unpaired) electrons. The summed E-state index contributed by atoms with van der Waals surface area (Å²) in [6.07, 6.45) is -7.81. The van der Waals surface area contributed by atoms with Crippen molar-refractivity contribution in [3.8, 4) is 0 Å². The molecule has 1 aromatic carbocycles. The SMILES string of the molecule is CN(Cc1cnc2nc(N)nc(N)c2n1)c1ccc(C(=O)NC(CCCN)C(=O)O)cc1.O=C(O)C(F)(F)F.O=C(O)C(F)(F)F. The van der Waals surface area contributed by atoms with Gasteiger partial charge in [0.25, 0.3) is 5.91 Å². The minimum atomic E-state index is -5.08. The highest BCUT2D eigenvalue weighted by Gasteiger charge is 2.38. The molecule has 1 atom stereocenters. The van der Waals surface area contributed by atoms with Gasteiger partial charge < -0.3 is 42.7 Å². The van der Waals surface area contributed by atoms with Gasteiger partial charge in [0.05, 0.1) is 18.4 Å². The lowest BCUT2D eigenvalue weighted by molar-refractivity contribution is -0.193. The Morgan fingerprint density at radius 2 is 1.43 bits per heavy atom. The monoisotopic (exact) mass is 667 g/mol. The number of fused-ring (bicyclic) bond motifs is 1. The highest BCUT2D eigenvalue weighted by Crippen LogP contribution is 2.19. The van der Waals surface area contributed by atoms with Crippen molar-refractivity contribution in [2.75, 3.05) is 30.0 Å². The predicted molar refractivity (Wildman–Crippen MR) is 147 cm³/mol. The molecule has 0 spiro atoms. The predicted octanol–water partition coefficient (Wildman–Crippen LogP) is 1.41. The van der Waals surface area contributed by atoms with E-state index in [4.69, 9.17) is 37.0 Å².